The van der Waals surface area contributed by atoms with Gasteiger partial charge in [0.25, 0.3) is 0 Å². The van der Waals surface area contributed by atoms with Crippen LogP contribution in [0.15, 0.2) is 9.98 Å². The Labute approximate surface area is 108 Å². The molecular weight excluding hydrogens is 292 g/mol. The maximum Gasteiger partial charge on any atom is 0.416 e. The van der Waals surface area contributed by atoms with Crippen LogP contribution in [0.25, 0.3) is 0 Å². The van der Waals surface area contributed by atoms with Gasteiger partial charge in [-0.25, -0.2) is 9.78 Å². The second-order valence-corrected chi connectivity index (χ2v) is 6.56. The minimum Gasteiger partial charge on any atom is -0.443 e. The van der Waals surface area contributed by atoms with Gasteiger partial charge in [0.2, 0.25) is 0 Å². The summed E-state index contributed by atoms with van der Waals surface area (Å²) >= 11 is 4.72. The number of carbonyl (C=O) groups is 1. The van der Waals surface area contributed by atoms with E-state index in [-0.39, 0.29) is 6.09 Å². The van der Waals surface area contributed by atoms with E-state index in [0.29, 0.717) is 11.7 Å². The smallest absolute Gasteiger partial charge is 0.416 e. The van der Waals surface area contributed by atoms with E-state index < -0.39 is 5.60 Å². The first-order valence-corrected chi connectivity index (χ1v) is 6.56. The quantitative estimate of drug-likeness (QED) is 0.837. The maximum absolute atomic E-state index is 11.9. The van der Waals surface area contributed by atoms with Crippen LogP contribution in [-0.4, -0.2) is 23.2 Å². The lowest BCUT2D eigenvalue weighted by Gasteiger charge is -2.24. The lowest BCUT2D eigenvalue weighted by atomic mass is 10.2. The number of hydrogen-bond acceptors (Lipinski definition) is 4. The standard InChI is InChI=1S/C10H15BrN2O2S/c1-5-13(8-12-6-7(11)16-8)9(14)15-10(2,3)4/h6H,5H2,1-4H3. The molecule has 0 aliphatic carbocycles. The van der Waals surface area contributed by atoms with Gasteiger partial charge >= 0.3 is 6.09 Å². The third-order valence-corrected chi connectivity index (χ3v) is 3.13. The molecule has 0 unspecified atom stereocenters. The molecule has 0 spiro atoms. The van der Waals surface area contributed by atoms with Crippen molar-refractivity contribution in [1.29, 1.82) is 0 Å². The third-order valence-electron chi connectivity index (χ3n) is 1.63. The van der Waals surface area contributed by atoms with Gasteiger partial charge in [-0.3, -0.25) is 4.90 Å². The van der Waals surface area contributed by atoms with Gasteiger partial charge in [-0.1, -0.05) is 11.3 Å². The third kappa shape index (κ3) is 3.75. The number of rotatable bonds is 2. The van der Waals surface area contributed by atoms with Crippen molar-refractivity contribution in [3.05, 3.63) is 9.98 Å². The Morgan fingerprint density at radius 2 is 2.25 bits per heavy atom. The van der Waals surface area contributed by atoms with Crippen molar-refractivity contribution in [1.82, 2.24) is 4.98 Å². The van der Waals surface area contributed by atoms with Gasteiger partial charge in [0.1, 0.15) is 5.60 Å². The lowest BCUT2D eigenvalue weighted by Crippen LogP contribution is -2.36. The number of thiazole rings is 1. The average molecular weight is 307 g/mol. The van der Waals surface area contributed by atoms with Crippen LogP contribution in [0.4, 0.5) is 9.93 Å². The summed E-state index contributed by atoms with van der Waals surface area (Å²) in [4.78, 5) is 17.5. The second-order valence-electron chi connectivity index (χ2n) is 4.17. The first kappa shape index (κ1) is 13.4. The summed E-state index contributed by atoms with van der Waals surface area (Å²) in [5.41, 5.74) is -0.487. The molecule has 0 N–H and O–H groups in total. The molecule has 0 aliphatic rings. The molecule has 1 amide bonds. The van der Waals surface area contributed by atoms with Gasteiger partial charge in [-0.2, -0.15) is 0 Å². The van der Waals surface area contributed by atoms with E-state index in [4.69, 9.17) is 4.74 Å². The zero-order chi connectivity index (χ0) is 12.3. The molecule has 0 bridgehead atoms. The van der Waals surface area contributed by atoms with Crippen LogP contribution in [-0.2, 0) is 4.74 Å². The highest BCUT2D eigenvalue weighted by Crippen LogP contribution is 2.27. The number of hydrogen-bond donors (Lipinski definition) is 0. The molecule has 16 heavy (non-hydrogen) atoms. The Bertz CT molecular complexity index is 373. The second kappa shape index (κ2) is 5.14. The van der Waals surface area contributed by atoms with Crippen LogP contribution < -0.4 is 4.90 Å². The number of halogens is 1. The van der Waals surface area contributed by atoms with Crippen molar-refractivity contribution in [2.24, 2.45) is 0 Å². The topological polar surface area (TPSA) is 42.4 Å². The van der Waals surface area contributed by atoms with Crippen LogP contribution in [0.5, 0.6) is 0 Å². The minimum absolute atomic E-state index is 0.364. The number of aromatic nitrogens is 1. The zero-order valence-electron chi connectivity index (χ0n) is 9.78. The first-order valence-electron chi connectivity index (χ1n) is 4.95. The molecule has 6 heteroatoms. The zero-order valence-corrected chi connectivity index (χ0v) is 12.2. The predicted molar refractivity (Wildman–Crippen MR) is 69.1 cm³/mol. The largest absolute Gasteiger partial charge is 0.443 e. The number of amides is 1. The molecule has 0 radical (unpaired) electrons. The van der Waals surface area contributed by atoms with Crippen molar-refractivity contribution in [2.45, 2.75) is 33.3 Å². The Morgan fingerprint density at radius 3 is 2.62 bits per heavy atom. The molecule has 0 atom stereocenters. The van der Waals surface area contributed by atoms with E-state index in [1.165, 1.54) is 16.2 Å². The minimum atomic E-state index is -0.487. The normalized spacial score (nSPS) is 11.3. The molecule has 0 aromatic carbocycles. The van der Waals surface area contributed by atoms with Crippen LogP contribution in [0.1, 0.15) is 27.7 Å². The average Bonchev–Trinajstić information content (AvgIpc) is 2.49. The molecule has 90 valence electrons. The summed E-state index contributed by atoms with van der Waals surface area (Å²) in [5, 5.41) is 0.642. The fraction of sp³-hybridized carbons (Fsp3) is 0.600. The molecule has 4 nitrogen and oxygen atoms in total. The fourth-order valence-corrected chi connectivity index (χ4v) is 2.27. The van der Waals surface area contributed by atoms with Crippen LogP contribution in [0.2, 0.25) is 0 Å². The van der Waals surface area contributed by atoms with E-state index in [0.717, 1.165) is 3.79 Å². The molecule has 0 saturated heterocycles. The number of nitrogens with zero attached hydrogens (tertiary/aromatic N) is 2. The summed E-state index contributed by atoms with van der Waals surface area (Å²) in [6.45, 7) is 7.96. The van der Waals surface area contributed by atoms with E-state index in [1.807, 2.05) is 27.7 Å². The molecule has 0 aliphatic heterocycles. The summed E-state index contributed by atoms with van der Waals surface area (Å²) in [7, 11) is 0. The Kier molecular flexibility index (Phi) is 4.32. The van der Waals surface area contributed by atoms with E-state index >= 15 is 0 Å². The summed E-state index contributed by atoms with van der Waals surface area (Å²) in [5.74, 6) is 0. The highest BCUT2D eigenvalue weighted by molar-refractivity contribution is 9.11. The maximum atomic E-state index is 11.9. The predicted octanol–water partition coefficient (Wildman–Crippen LogP) is 3.67. The van der Waals surface area contributed by atoms with Crippen LogP contribution in [0, 0.1) is 0 Å². The highest BCUT2D eigenvalue weighted by Gasteiger charge is 2.23. The van der Waals surface area contributed by atoms with Gasteiger partial charge in [0.05, 0.1) is 9.98 Å². The van der Waals surface area contributed by atoms with Gasteiger partial charge in [0.15, 0.2) is 5.13 Å². The summed E-state index contributed by atoms with van der Waals surface area (Å²) in [6, 6.07) is 0. The van der Waals surface area contributed by atoms with Crippen molar-refractivity contribution < 1.29 is 9.53 Å². The molecule has 1 aromatic rings. The van der Waals surface area contributed by atoms with E-state index in [1.54, 1.807) is 6.20 Å². The monoisotopic (exact) mass is 306 g/mol. The molecule has 1 aromatic heterocycles. The Morgan fingerprint density at radius 1 is 1.62 bits per heavy atom. The van der Waals surface area contributed by atoms with E-state index in [9.17, 15) is 4.79 Å². The van der Waals surface area contributed by atoms with Crippen molar-refractivity contribution in [3.63, 3.8) is 0 Å². The SMILES string of the molecule is CCN(C(=O)OC(C)(C)C)c1ncc(Br)s1. The van der Waals surface area contributed by atoms with Crippen molar-refractivity contribution in [3.8, 4) is 0 Å². The van der Waals surface area contributed by atoms with Gasteiger partial charge < -0.3 is 4.74 Å². The molecule has 0 fully saturated rings. The fourth-order valence-electron chi connectivity index (χ4n) is 1.03. The summed E-state index contributed by atoms with van der Waals surface area (Å²) in [6.07, 6.45) is 1.31. The highest BCUT2D eigenvalue weighted by atomic mass is 79.9. The van der Waals surface area contributed by atoms with Crippen molar-refractivity contribution in [2.75, 3.05) is 11.4 Å². The van der Waals surface area contributed by atoms with Gasteiger partial charge in [-0.05, 0) is 43.6 Å². The lowest BCUT2D eigenvalue weighted by molar-refractivity contribution is 0.0582. The molecule has 1 heterocycles. The number of carbonyl (C=O) groups excluding carboxylic acids is 1. The molecular formula is C10H15BrN2O2S. The molecule has 1 rings (SSSR count). The van der Waals surface area contributed by atoms with Gasteiger partial charge in [0, 0.05) is 6.54 Å². The summed E-state index contributed by atoms with van der Waals surface area (Å²) < 4.78 is 6.19. The first-order chi connectivity index (χ1) is 7.33. The van der Waals surface area contributed by atoms with Crippen LogP contribution >= 0.6 is 27.3 Å². The Hall–Kier alpha value is -0.620. The van der Waals surface area contributed by atoms with Gasteiger partial charge in [-0.15, -0.1) is 0 Å². The van der Waals surface area contributed by atoms with Crippen molar-refractivity contribution >= 4 is 38.5 Å². The van der Waals surface area contributed by atoms with Crippen LogP contribution in [0.3, 0.4) is 0 Å². The van der Waals surface area contributed by atoms with E-state index in [2.05, 4.69) is 20.9 Å². The number of anilines is 1. The number of ether oxygens (including phenoxy) is 1. The Balaban J connectivity index is 2.79. The molecule has 0 saturated carbocycles.